The van der Waals surface area contributed by atoms with E-state index >= 15 is 0 Å². The van der Waals surface area contributed by atoms with Gasteiger partial charge in [-0.3, -0.25) is 4.79 Å². The van der Waals surface area contributed by atoms with Gasteiger partial charge in [-0.1, -0.05) is 17.7 Å². The molecule has 0 aliphatic carbocycles. The summed E-state index contributed by atoms with van der Waals surface area (Å²) in [6.45, 7) is 4.56. The monoisotopic (exact) mass is 300 g/mol. The fraction of sp³-hybridized carbons (Fsp3) is 0.500. The van der Waals surface area contributed by atoms with E-state index in [4.69, 9.17) is 21.1 Å². The van der Waals surface area contributed by atoms with Crippen molar-refractivity contribution in [2.75, 3.05) is 20.8 Å². The van der Waals surface area contributed by atoms with Crippen molar-refractivity contribution in [2.45, 2.75) is 26.4 Å². The van der Waals surface area contributed by atoms with Crippen molar-refractivity contribution in [2.24, 2.45) is 0 Å². The van der Waals surface area contributed by atoms with Gasteiger partial charge in [0.25, 0.3) is 0 Å². The summed E-state index contributed by atoms with van der Waals surface area (Å²) in [5.41, 5.74) is 0.849. The van der Waals surface area contributed by atoms with Gasteiger partial charge in [0.15, 0.2) is 11.5 Å². The van der Waals surface area contributed by atoms with Crippen molar-refractivity contribution in [3.63, 3.8) is 0 Å². The number of carbonyl (C=O) groups excluding carboxylic acids is 1. The molecule has 0 spiro atoms. The van der Waals surface area contributed by atoms with Crippen LogP contribution in [0.5, 0.6) is 11.5 Å². The summed E-state index contributed by atoms with van der Waals surface area (Å²) < 4.78 is 10.4. The van der Waals surface area contributed by atoms with Crippen molar-refractivity contribution in [3.8, 4) is 11.5 Å². The molecule has 0 saturated heterocycles. The van der Waals surface area contributed by atoms with Crippen molar-refractivity contribution >= 4 is 17.5 Å². The van der Waals surface area contributed by atoms with Crippen LogP contribution in [0, 0.1) is 0 Å². The second-order valence-electron chi connectivity index (χ2n) is 4.60. The molecule has 112 valence electrons. The van der Waals surface area contributed by atoms with E-state index in [-0.39, 0.29) is 18.5 Å². The molecule has 0 bridgehead atoms. The molecule has 1 rings (SSSR count). The van der Waals surface area contributed by atoms with Crippen LogP contribution in [-0.2, 0) is 11.3 Å². The van der Waals surface area contributed by atoms with E-state index in [0.717, 1.165) is 5.56 Å². The maximum atomic E-state index is 11.5. The molecule has 20 heavy (non-hydrogen) atoms. The van der Waals surface area contributed by atoms with Crippen molar-refractivity contribution in [3.05, 3.63) is 22.7 Å². The van der Waals surface area contributed by atoms with Crippen LogP contribution in [0.4, 0.5) is 0 Å². The van der Waals surface area contributed by atoms with Crippen LogP contribution < -0.4 is 20.1 Å². The van der Waals surface area contributed by atoms with Gasteiger partial charge >= 0.3 is 0 Å². The maximum absolute atomic E-state index is 11.5. The molecule has 1 aromatic carbocycles. The smallest absolute Gasteiger partial charge is 0.234 e. The first-order chi connectivity index (χ1) is 9.49. The van der Waals surface area contributed by atoms with Gasteiger partial charge in [0, 0.05) is 12.6 Å². The Balaban J connectivity index is 2.63. The lowest BCUT2D eigenvalue weighted by atomic mass is 10.2. The summed E-state index contributed by atoms with van der Waals surface area (Å²) in [6.07, 6.45) is 0. The molecular formula is C14H21ClN2O3. The van der Waals surface area contributed by atoms with Crippen LogP contribution in [0.3, 0.4) is 0 Å². The van der Waals surface area contributed by atoms with Crippen molar-refractivity contribution in [1.29, 1.82) is 0 Å². The molecule has 0 aromatic heterocycles. The Morgan fingerprint density at radius 3 is 2.55 bits per heavy atom. The van der Waals surface area contributed by atoms with E-state index in [2.05, 4.69) is 10.6 Å². The topological polar surface area (TPSA) is 59.6 Å². The Bertz CT molecular complexity index is 464. The van der Waals surface area contributed by atoms with Gasteiger partial charge in [-0.2, -0.15) is 0 Å². The molecule has 1 amide bonds. The molecule has 0 heterocycles. The van der Waals surface area contributed by atoms with Crippen LogP contribution in [0.2, 0.25) is 5.02 Å². The number of rotatable bonds is 7. The molecular weight excluding hydrogens is 280 g/mol. The van der Waals surface area contributed by atoms with Crippen LogP contribution in [0.1, 0.15) is 19.4 Å². The normalized spacial score (nSPS) is 10.5. The maximum Gasteiger partial charge on any atom is 0.234 e. The van der Waals surface area contributed by atoms with Crippen LogP contribution in [-0.4, -0.2) is 32.7 Å². The molecule has 0 aliphatic rings. The van der Waals surface area contributed by atoms with Crippen LogP contribution in [0.25, 0.3) is 0 Å². The molecule has 0 aliphatic heterocycles. The van der Waals surface area contributed by atoms with Gasteiger partial charge in [0.2, 0.25) is 5.91 Å². The highest BCUT2D eigenvalue weighted by molar-refractivity contribution is 6.33. The molecule has 0 fully saturated rings. The minimum absolute atomic E-state index is 0.0448. The molecule has 1 aromatic rings. The lowest BCUT2D eigenvalue weighted by molar-refractivity contribution is -0.120. The molecule has 5 nitrogen and oxygen atoms in total. The second kappa shape index (κ2) is 7.97. The Morgan fingerprint density at radius 2 is 2.00 bits per heavy atom. The summed E-state index contributed by atoms with van der Waals surface area (Å²) in [7, 11) is 3.10. The number of benzene rings is 1. The first kappa shape index (κ1) is 16.6. The second-order valence-corrected chi connectivity index (χ2v) is 4.98. The lowest BCUT2D eigenvalue weighted by Crippen LogP contribution is -2.37. The molecule has 0 radical (unpaired) electrons. The first-order valence-corrected chi connectivity index (χ1v) is 6.76. The van der Waals surface area contributed by atoms with Gasteiger partial charge in [0.1, 0.15) is 0 Å². The molecule has 0 atom stereocenters. The van der Waals surface area contributed by atoms with E-state index in [1.165, 1.54) is 7.11 Å². The summed E-state index contributed by atoms with van der Waals surface area (Å²) in [5.74, 6) is 1.04. The number of hydrogen-bond acceptors (Lipinski definition) is 4. The highest BCUT2D eigenvalue weighted by atomic mass is 35.5. The Morgan fingerprint density at radius 1 is 1.30 bits per heavy atom. The molecule has 2 N–H and O–H groups in total. The lowest BCUT2D eigenvalue weighted by Gasteiger charge is -2.13. The Hall–Kier alpha value is -1.46. The third-order valence-electron chi connectivity index (χ3n) is 2.62. The van der Waals surface area contributed by atoms with Crippen molar-refractivity contribution in [1.82, 2.24) is 10.6 Å². The zero-order valence-electron chi connectivity index (χ0n) is 12.2. The van der Waals surface area contributed by atoms with E-state index in [1.807, 2.05) is 19.9 Å². The highest BCUT2D eigenvalue weighted by Crippen LogP contribution is 2.37. The number of ether oxygens (including phenoxy) is 2. The van der Waals surface area contributed by atoms with E-state index in [0.29, 0.717) is 23.1 Å². The highest BCUT2D eigenvalue weighted by Gasteiger charge is 2.13. The molecule has 0 saturated carbocycles. The average molecular weight is 301 g/mol. The van der Waals surface area contributed by atoms with Crippen LogP contribution in [0.15, 0.2) is 12.1 Å². The van der Waals surface area contributed by atoms with E-state index < -0.39 is 0 Å². The third kappa shape index (κ3) is 4.58. The van der Waals surface area contributed by atoms with Crippen molar-refractivity contribution < 1.29 is 14.3 Å². The van der Waals surface area contributed by atoms with E-state index in [9.17, 15) is 4.79 Å². The fourth-order valence-electron chi connectivity index (χ4n) is 1.75. The summed E-state index contributed by atoms with van der Waals surface area (Å²) in [6, 6.07) is 3.77. The average Bonchev–Trinajstić information content (AvgIpc) is 2.39. The number of nitrogens with one attached hydrogen (secondary N) is 2. The van der Waals surface area contributed by atoms with Gasteiger partial charge < -0.3 is 20.1 Å². The largest absolute Gasteiger partial charge is 0.493 e. The number of methoxy groups -OCH3 is 2. The fourth-order valence-corrected chi connectivity index (χ4v) is 2.05. The minimum atomic E-state index is -0.0448. The number of hydrogen-bond donors (Lipinski definition) is 2. The minimum Gasteiger partial charge on any atom is -0.493 e. The van der Waals surface area contributed by atoms with Gasteiger partial charge in [-0.25, -0.2) is 0 Å². The zero-order valence-corrected chi connectivity index (χ0v) is 13.0. The third-order valence-corrected chi connectivity index (χ3v) is 3.03. The SMILES string of the molecule is COc1ccc(CNCC(=O)NC(C)C)c(Cl)c1OC. The van der Waals surface area contributed by atoms with Gasteiger partial charge in [0.05, 0.1) is 25.8 Å². The van der Waals surface area contributed by atoms with E-state index in [1.54, 1.807) is 13.2 Å². The first-order valence-electron chi connectivity index (χ1n) is 6.39. The van der Waals surface area contributed by atoms with Gasteiger partial charge in [-0.15, -0.1) is 0 Å². The Labute approximate surface area is 124 Å². The number of amides is 1. The summed E-state index contributed by atoms with van der Waals surface area (Å²) >= 11 is 6.25. The summed E-state index contributed by atoms with van der Waals surface area (Å²) in [4.78, 5) is 11.5. The Kier molecular flexibility index (Phi) is 6.61. The molecule has 6 heteroatoms. The quantitative estimate of drug-likeness (QED) is 0.808. The predicted octanol–water partition coefficient (Wildman–Crippen LogP) is 1.97. The number of carbonyl (C=O) groups is 1. The molecule has 0 unspecified atom stereocenters. The van der Waals surface area contributed by atoms with Crippen LogP contribution >= 0.6 is 11.6 Å². The predicted molar refractivity (Wildman–Crippen MR) is 79.5 cm³/mol. The van der Waals surface area contributed by atoms with Gasteiger partial charge in [-0.05, 0) is 25.5 Å². The zero-order chi connectivity index (χ0) is 15.1. The number of halogens is 1. The standard InChI is InChI=1S/C14H21ClN2O3/c1-9(2)17-12(18)8-16-7-10-5-6-11(19-3)14(20-4)13(10)15/h5-6,9,16H,7-8H2,1-4H3,(H,17,18). The summed E-state index contributed by atoms with van der Waals surface area (Å²) in [5, 5.41) is 6.34.